The SMILES string of the molecule is CO[N+](CO)(CO)CCCCCCC1(CCCCCC[N+](O)(CO)CO)c2cc(C(C)(C)c3ccccc3)ccc2-c2ccc(C(C)(C)c3ccccc3)cc21. The van der Waals surface area contributed by atoms with Gasteiger partial charge < -0.3 is 20.4 Å². The van der Waals surface area contributed by atoms with Crippen LogP contribution in [0.3, 0.4) is 0 Å². The third-order valence-corrected chi connectivity index (χ3v) is 13.1. The molecule has 1 aliphatic rings. The van der Waals surface area contributed by atoms with Crippen molar-refractivity contribution >= 4 is 0 Å². The largest absolute Gasteiger partial charge is 0.345 e. The fraction of sp³-hybridized carbons (Fsp3) is 0.500. The average Bonchev–Trinajstić information content (AvgIpc) is 3.50. The molecule has 8 nitrogen and oxygen atoms in total. The number of rotatable bonds is 23. The van der Waals surface area contributed by atoms with Gasteiger partial charge in [0.25, 0.3) is 0 Å². The molecule has 4 aromatic rings. The fourth-order valence-corrected chi connectivity index (χ4v) is 8.93. The molecule has 0 spiro atoms. The number of quaternary nitrogens is 2. The molecule has 8 heteroatoms. The number of nitrogens with zero attached hydrogens (tertiary/aromatic N) is 2. The molecule has 304 valence electrons. The average molecular weight is 769 g/mol. The van der Waals surface area contributed by atoms with Gasteiger partial charge >= 0.3 is 0 Å². The van der Waals surface area contributed by atoms with Gasteiger partial charge in [-0.3, -0.25) is 0 Å². The van der Waals surface area contributed by atoms with E-state index >= 15 is 0 Å². The zero-order chi connectivity index (χ0) is 40.5. The minimum atomic E-state index is -0.731. The summed E-state index contributed by atoms with van der Waals surface area (Å²) in [5.74, 6) is 0. The Labute approximate surface area is 335 Å². The standard InChI is InChI=1S/C48H68N2O6/c1-46(2,38-20-12-10-13-21-38)40-24-26-42-43-27-25-41(47(3,4)39-22-14-11-15-23-39)33-45(43)48(44(42)32-40,28-16-6-8-18-30-49(55,34-51)35-52)29-17-7-9-19-31-50(36-53,37-54)56-5/h10-15,20-27,32-33,51-55H,6-9,16-19,28-31,34-37H2,1-5H3/q+2. The first-order chi connectivity index (χ1) is 26.8. The van der Waals surface area contributed by atoms with Crippen molar-refractivity contribution in [2.24, 2.45) is 0 Å². The van der Waals surface area contributed by atoms with Gasteiger partial charge in [-0.15, -0.1) is 9.29 Å². The highest BCUT2D eigenvalue weighted by Gasteiger charge is 2.44. The quantitative estimate of drug-likeness (QED) is 0.0223. The Kier molecular flexibility index (Phi) is 14.7. The molecule has 0 saturated heterocycles. The van der Waals surface area contributed by atoms with Gasteiger partial charge in [0, 0.05) is 16.2 Å². The zero-order valence-corrected chi connectivity index (χ0v) is 34.6. The molecule has 1 aliphatic carbocycles. The van der Waals surface area contributed by atoms with Crippen molar-refractivity contribution in [3.05, 3.63) is 130 Å². The van der Waals surface area contributed by atoms with Crippen molar-refractivity contribution < 1.29 is 39.8 Å². The number of unbranched alkanes of at least 4 members (excludes halogenated alkanes) is 6. The maximum atomic E-state index is 10.4. The summed E-state index contributed by atoms with van der Waals surface area (Å²) in [6.45, 7) is 8.65. The lowest BCUT2D eigenvalue weighted by Gasteiger charge is -2.36. The molecular weight excluding hydrogens is 701 g/mol. The number of aliphatic hydroxyl groups excluding tert-OH is 4. The topological polar surface area (TPSA) is 110 Å². The molecule has 0 heterocycles. The van der Waals surface area contributed by atoms with Crippen LogP contribution in [0.4, 0.5) is 0 Å². The van der Waals surface area contributed by atoms with Gasteiger partial charge in [0.05, 0.1) is 7.11 Å². The van der Waals surface area contributed by atoms with E-state index in [0.29, 0.717) is 19.5 Å². The Morgan fingerprint density at radius 1 is 0.500 bits per heavy atom. The first-order valence-corrected chi connectivity index (χ1v) is 20.7. The number of hydroxylamine groups is 6. The molecule has 0 bridgehead atoms. The number of benzene rings is 4. The molecule has 0 amide bonds. The summed E-state index contributed by atoms with van der Waals surface area (Å²) in [5, 5.41) is 49.4. The molecule has 5 rings (SSSR count). The first kappa shape index (κ1) is 43.7. The minimum absolute atomic E-state index is 0.169. The lowest BCUT2D eigenvalue weighted by atomic mass is 9.68. The summed E-state index contributed by atoms with van der Waals surface area (Å²) in [5.41, 5.74) is 10.0. The maximum Gasteiger partial charge on any atom is 0.212 e. The van der Waals surface area contributed by atoms with Crippen molar-refractivity contribution in [2.45, 2.75) is 108 Å². The van der Waals surface area contributed by atoms with Crippen molar-refractivity contribution in [3.8, 4) is 11.1 Å². The summed E-state index contributed by atoms with van der Waals surface area (Å²) in [4.78, 5) is 5.46. The first-order valence-electron chi connectivity index (χ1n) is 20.7. The maximum absolute atomic E-state index is 10.4. The number of hydrogen-bond acceptors (Lipinski definition) is 6. The van der Waals surface area contributed by atoms with Crippen molar-refractivity contribution in [2.75, 3.05) is 47.1 Å². The Hall–Kier alpha value is -3.44. The lowest BCUT2D eigenvalue weighted by Crippen LogP contribution is -2.49. The summed E-state index contributed by atoms with van der Waals surface area (Å²) in [7, 11) is 1.53. The molecule has 0 saturated carbocycles. The molecule has 0 fully saturated rings. The molecule has 0 aliphatic heterocycles. The molecule has 0 aromatic heterocycles. The Bertz CT molecular complexity index is 1710. The second-order valence-corrected chi connectivity index (χ2v) is 17.3. The third-order valence-electron chi connectivity index (χ3n) is 13.1. The van der Waals surface area contributed by atoms with E-state index in [4.69, 9.17) is 4.84 Å². The van der Waals surface area contributed by atoms with Crippen LogP contribution in [-0.2, 0) is 21.1 Å². The van der Waals surface area contributed by atoms with E-state index < -0.39 is 18.1 Å². The smallest absolute Gasteiger partial charge is 0.212 e. The lowest BCUT2D eigenvalue weighted by molar-refractivity contribution is -1.13. The molecule has 5 N–H and O–H groups in total. The van der Waals surface area contributed by atoms with Crippen LogP contribution in [-0.4, -0.2) is 82.0 Å². The summed E-state index contributed by atoms with van der Waals surface area (Å²) >= 11 is 0. The monoisotopic (exact) mass is 769 g/mol. The van der Waals surface area contributed by atoms with Gasteiger partial charge in [0.15, 0.2) is 0 Å². The van der Waals surface area contributed by atoms with Gasteiger partial charge in [0.1, 0.15) is 13.1 Å². The number of hydrogen-bond donors (Lipinski definition) is 5. The predicted octanol–water partition coefficient (Wildman–Crippen LogP) is 8.89. The van der Waals surface area contributed by atoms with E-state index in [0.717, 1.165) is 57.8 Å². The van der Waals surface area contributed by atoms with Crippen LogP contribution in [0.5, 0.6) is 0 Å². The van der Waals surface area contributed by atoms with Crippen LogP contribution in [0.25, 0.3) is 11.1 Å². The van der Waals surface area contributed by atoms with Crippen LogP contribution in [0.2, 0.25) is 0 Å². The van der Waals surface area contributed by atoms with Crippen LogP contribution >= 0.6 is 0 Å². The summed E-state index contributed by atoms with van der Waals surface area (Å²) < 4.78 is -0.900. The molecule has 0 atom stereocenters. The van der Waals surface area contributed by atoms with Crippen molar-refractivity contribution in [3.63, 3.8) is 0 Å². The summed E-state index contributed by atoms with van der Waals surface area (Å²) in [6.07, 6.45) is 9.43. The zero-order valence-electron chi connectivity index (χ0n) is 34.6. The van der Waals surface area contributed by atoms with Crippen molar-refractivity contribution in [1.82, 2.24) is 0 Å². The highest BCUT2D eigenvalue weighted by atomic mass is 16.7. The third kappa shape index (κ3) is 9.30. The highest BCUT2D eigenvalue weighted by molar-refractivity contribution is 5.82. The second kappa shape index (κ2) is 18.9. The van der Waals surface area contributed by atoms with Gasteiger partial charge in [-0.25, -0.2) is 10.0 Å². The highest BCUT2D eigenvalue weighted by Crippen LogP contribution is 2.56. The number of aliphatic hydroxyl groups is 4. The van der Waals surface area contributed by atoms with E-state index in [9.17, 15) is 25.6 Å². The molecule has 0 unspecified atom stereocenters. The van der Waals surface area contributed by atoms with Crippen LogP contribution < -0.4 is 0 Å². The van der Waals surface area contributed by atoms with E-state index in [1.54, 1.807) is 0 Å². The van der Waals surface area contributed by atoms with Gasteiger partial charge in [-0.2, -0.15) is 0 Å². The predicted molar refractivity (Wildman–Crippen MR) is 223 cm³/mol. The van der Waals surface area contributed by atoms with Crippen LogP contribution in [0.15, 0.2) is 97.1 Å². The fourth-order valence-electron chi connectivity index (χ4n) is 8.93. The van der Waals surface area contributed by atoms with E-state index in [1.165, 1.54) is 51.6 Å². The van der Waals surface area contributed by atoms with Gasteiger partial charge in [-0.05, 0) is 83.0 Å². The van der Waals surface area contributed by atoms with Crippen LogP contribution in [0.1, 0.15) is 125 Å². The van der Waals surface area contributed by atoms with E-state index in [-0.39, 0.29) is 34.4 Å². The van der Waals surface area contributed by atoms with E-state index in [1.807, 2.05) is 0 Å². The normalized spacial score (nSPS) is 14.2. The molecular formula is C48H68N2O6+2. The Morgan fingerprint density at radius 2 is 0.911 bits per heavy atom. The van der Waals surface area contributed by atoms with Crippen molar-refractivity contribution in [1.29, 1.82) is 0 Å². The minimum Gasteiger partial charge on any atom is -0.345 e. The molecule has 0 radical (unpaired) electrons. The molecule has 56 heavy (non-hydrogen) atoms. The van der Waals surface area contributed by atoms with Gasteiger partial charge in [0.2, 0.25) is 26.9 Å². The summed E-state index contributed by atoms with van der Waals surface area (Å²) in [6, 6.07) is 36.0. The van der Waals surface area contributed by atoms with E-state index in [2.05, 4.69) is 125 Å². The molecule has 4 aromatic carbocycles. The van der Waals surface area contributed by atoms with Crippen LogP contribution in [0, 0.1) is 0 Å². The Morgan fingerprint density at radius 3 is 1.30 bits per heavy atom. The number of fused-ring (bicyclic) bond motifs is 3. The second-order valence-electron chi connectivity index (χ2n) is 17.3. The Balaban J connectivity index is 1.54. The van der Waals surface area contributed by atoms with Gasteiger partial charge in [-0.1, -0.05) is 150 Å².